The number of hydrogen-bond acceptors (Lipinski definition) is 9. The number of anilines is 3. The topological polar surface area (TPSA) is 90.5 Å². The number of piperazine rings is 1. The van der Waals surface area contributed by atoms with Gasteiger partial charge >= 0.3 is 6.18 Å². The average molecular weight is 611 g/mol. The average Bonchev–Trinajstić information content (AvgIpc) is 3.35. The Labute approximate surface area is 240 Å². The summed E-state index contributed by atoms with van der Waals surface area (Å²) < 4.78 is 67.9. The number of aryl methyl sites for hydroxylation is 1. The van der Waals surface area contributed by atoms with Gasteiger partial charge in [0.1, 0.15) is 10.6 Å². The Kier molecular flexibility index (Phi) is 7.81. The molecule has 1 fully saturated rings. The Morgan fingerprint density at radius 1 is 1.25 bits per heavy atom. The highest BCUT2D eigenvalue weighted by Crippen LogP contribution is 2.42. The molecule has 3 aromatic rings. The number of rotatable bonds is 5. The van der Waals surface area contributed by atoms with Crippen LogP contribution in [0.5, 0.6) is 0 Å². The minimum atomic E-state index is -4.75. The molecule has 2 aliphatic heterocycles. The molecule has 0 saturated carbocycles. The molecule has 2 N–H and O–H groups in total. The lowest BCUT2D eigenvalue weighted by Gasteiger charge is -2.36. The summed E-state index contributed by atoms with van der Waals surface area (Å²) in [6, 6.07) is 7.53. The van der Waals surface area contributed by atoms with Crippen molar-refractivity contribution in [1.29, 1.82) is 0 Å². The molecule has 2 aliphatic rings. The Morgan fingerprint density at radius 2 is 2.02 bits per heavy atom. The molecule has 5 rings (SSSR count). The number of thiophene rings is 1. The second-order valence-corrected chi connectivity index (χ2v) is 13.4. The summed E-state index contributed by atoms with van der Waals surface area (Å²) in [4.78, 5) is 12.7. The molecular weight excluding hydrogens is 582 g/mol. The molecule has 0 aliphatic carbocycles. The molecule has 0 unspecified atom stereocenters. The van der Waals surface area contributed by atoms with Gasteiger partial charge in [0, 0.05) is 56.8 Å². The van der Waals surface area contributed by atoms with Crippen molar-refractivity contribution in [1.82, 2.24) is 20.2 Å². The monoisotopic (exact) mass is 610 g/mol. The number of alkyl halides is 3. The van der Waals surface area contributed by atoms with Crippen molar-refractivity contribution in [2.75, 3.05) is 49.2 Å². The van der Waals surface area contributed by atoms with Gasteiger partial charge in [-0.05, 0) is 43.2 Å². The summed E-state index contributed by atoms with van der Waals surface area (Å²) in [6.45, 7) is 7.02. The molecule has 214 valence electrons. The Bertz CT molecular complexity index is 1560. The van der Waals surface area contributed by atoms with Gasteiger partial charge < -0.3 is 20.4 Å². The Balaban J connectivity index is 1.54. The molecule has 2 aromatic heterocycles. The maximum absolute atomic E-state index is 14.0. The maximum Gasteiger partial charge on any atom is 0.420 e. The number of halogens is 3. The fourth-order valence-corrected chi connectivity index (χ4v) is 8.30. The highest BCUT2D eigenvalue weighted by atomic mass is 32.2. The van der Waals surface area contributed by atoms with Crippen molar-refractivity contribution >= 4 is 55.7 Å². The largest absolute Gasteiger partial charge is 0.420 e. The highest BCUT2D eigenvalue weighted by Gasteiger charge is 2.38. The van der Waals surface area contributed by atoms with Crippen molar-refractivity contribution in [3.8, 4) is 10.6 Å². The van der Waals surface area contributed by atoms with E-state index in [1.807, 2.05) is 19.1 Å². The standard InChI is InChI=1S/C26H29F3N6O2S3/c1-4-16-11-17(35-8-7-30-13-15(35)2)5-6-19(16)32-25-31-14-18(26(27,28)29)22(33-25)20-12-21-23(39-20)24(38)34(3)9-10-40(21,36)37/h5-6,11-12,14-15,30H,4,7-10,13H2,1-3H3,(H,31,32,33)/t15-/m0/s1. The smallest absolute Gasteiger partial charge is 0.366 e. The first kappa shape index (κ1) is 28.7. The van der Waals surface area contributed by atoms with Gasteiger partial charge in [-0.3, -0.25) is 0 Å². The number of benzene rings is 1. The molecule has 1 atom stereocenters. The van der Waals surface area contributed by atoms with Crippen LogP contribution in [0, 0.1) is 0 Å². The third-order valence-electron chi connectivity index (χ3n) is 7.15. The van der Waals surface area contributed by atoms with Gasteiger partial charge in [-0.2, -0.15) is 13.2 Å². The van der Waals surface area contributed by atoms with Crippen LogP contribution in [0.4, 0.5) is 30.5 Å². The zero-order valence-corrected chi connectivity index (χ0v) is 24.6. The number of fused-ring (bicyclic) bond motifs is 1. The number of hydrogen-bond donors (Lipinski definition) is 2. The van der Waals surface area contributed by atoms with Gasteiger partial charge in [-0.25, -0.2) is 18.4 Å². The van der Waals surface area contributed by atoms with E-state index in [9.17, 15) is 21.6 Å². The van der Waals surface area contributed by atoms with Crippen LogP contribution in [0.1, 0.15) is 29.9 Å². The summed E-state index contributed by atoms with van der Waals surface area (Å²) in [5, 5.41) is 6.47. The second kappa shape index (κ2) is 10.9. The highest BCUT2D eigenvalue weighted by molar-refractivity contribution is 7.92. The third-order valence-corrected chi connectivity index (χ3v) is 10.8. The van der Waals surface area contributed by atoms with Crippen molar-refractivity contribution < 1.29 is 21.6 Å². The van der Waals surface area contributed by atoms with Gasteiger partial charge in [-0.1, -0.05) is 19.1 Å². The van der Waals surface area contributed by atoms with E-state index in [1.54, 1.807) is 11.9 Å². The zero-order valence-electron chi connectivity index (χ0n) is 22.2. The van der Waals surface area contributed by atoms with Crippen molar-refractivity contribution in [3.63, 3.8) is 0 Å². The lowest BCUT2D eigenvalue weighted by Crippen LogP contribution is -2.49. The van der Waals surface area contributed by atoms with E-state index in [0.29, 0.717) is 18.2 Å². The maximum atomic E-state index is 14.0. The third kappa shape index (κ3) is 5.54. The number of thiocarbonyl (C=S) groups is 1. The Morgan fingerprint density at radius 3 is 2.73 bits per heavy atom. The first-order chi connectivity index (χ1) is 18.9. The second-order valence-electron chi connectivity index (χ2n) is 9.87. The summed E-state index contributed by atoms with van der Waals surface area (Å²) in [7, 11) is -2.07. The van der Waals surface area contributed by atoms with E-state index >= 15 is 0 Å². The first-order valence-corrected chi connectivity index (χ1v) is 15.7. The summed E-state index contributed by atoms with van der Waals surface area (Å²) in [5.41, 5.74) is 1.29. The van der Waals surface area contributed by atoms with Crippen LogP contribution in [0.25, 0.3) is 10.6 Å². The lowest BCUT2D eigenvalue weighted by molar-refractivity contribution is -0.137. The van der Waals surface area contributed by atoms with E-state index < -0.39 is 27.3 Å². The molecule has 14 heteroatoms. The zero-order chi connectivity index (χ0) is 28.8. The SMILES string of the molecule is CCc1cc(N2CCNC[C@@H]2C)ccc1Nc1ncc(C(F)(F)F)c(-c2cc3c(s2)C(=S)N(C)CCS3(=O)=O)n1. The number of aromatic nitrogens is 2. The van der Waals surface area contributed by atoms with Gasteiger partial charge in [-0.15, -0.1) is 11.3 Å². The van der Waals surface area contributed by atoms with Crippen LogP contribution in [-0.4, -0.2) is 73.3 Å². The molecule has 0 radical (unpaired) electrons. The van der Waals surface area contributed by atoms with Gasteiger partial charge in [0.15, 0.2) is 9.84 Å². The number of sulfone groups is 1. The summed E-state index contributed by atoms with van der Waals surface area (Å²) >= 11 is 6.34. The fraction of sp³-hybridized carbons (Fsp3) is 0.423. The predicted molar refractivity (Wildman–Crippen MR) is 156 cm³/mol. The van der Waals surface area contributed by atoms with Crippen LogP contribution in [0.15, 0.2) is 35.4 Å². The summed E-state index contributed by atoms with van der Waals surface area (Å²) in [6.07, 6.45) is -3.33. The van der Waals surface area contributed by atoms with Crippen LogP contribution in [-0.2, 0) is 22.4 Å². The molecule has 40 heavy (non-hydrogen) atoms. The van der Waals surface area contributed by atoms with E-state index in [-0.39, 0.29) is 37.9 Å². The number of nitrogens with one attached hydrogen (secondary N) is 2. The van der Waals surface area contributed by atoms with Gasteiger partial charge in [0.2, 0.25) is 5.95 Å². The van der Waals surface area contributed by atoms with E-state index in [0.717, 1.165) is 48.4 Å². The Hall–Kier alpha value is -2.81. The molecule has 8 nitrogen and oxygen atoms in total. The fourth-order valence-electron chi connectivity index (χ4n) is 4.87. The van der Waals surface area contributed by atoms with Crippen molar-refractivity contribution in [2.45, 2.75) is 37.4 Å². The van der Waals surface area contributed by atoms with Crippen molar-refractivity contribution in [3.05, 3.63) is 46.5 Å². The van der Waals surface area contributed by atoms with Crippen LogP contribution in [0.2, 0.25) is 0 Å². The van der Waals surface area contributed by atoms with E-state index in [2.05, 4.69) is 38.5 Å². The van der Waals surface area contributed by atoms with E-state index in [4.69, 9.17) is 12.2 Å². The summed E-state index contributed by atoms with van der Waals surface area (Å²) in [5.74, 6) is -0.204. The minimum Gasteiger partial charge on any atom is -0.366 e. The quantitative estimate of drug-likeness (QED) is 0.398. The van der Waals surface area contributed by atoms with Gasteiger partial charge in [0.05, 0.1) is 26.1 Å². The van der Waals surface area contributed by atoms with Crippen LogP contribution >= 0.6 is 23.6 Å². The number of nitrogens with zero attached hydrogens (tertiary/aromatic N) is 4. The van der Waals surface area contributed by atoms with Crippen LogP contribution in [0.3, 0.4) is 0 Å². The van der Waals surface area contributed by atoms with Crippen molar-refractivity contribution in [2.24, 2.45) is 0 Å². The first-order valence-electron chi connectivity index (χ1n) is 12.8. The molecule has 0 spiro atoms. The molecule has 4 heterocycles. The minimum absolute atomic E-state index is 0.0212. The molecule has 0 bridgehead atoms. The lowest BCUT2D eigenvalue weighted by atomic mass is 10.1. The predicted octanol–water partition coefficient (Wildman–Crippen LogP) is 4.72. The molecule has 0 amide bonds. The van der Waals surface area contributed by atoms with Crippen LogP contribution < -0.4 is 15.5 Å². The molecular formula is C26H29F3N6O2S3. The van der Waals surface area contributed by atoms with Gasteiger partial charge in [0.25, 0.3) is 0 Å². The normalized spacial score (nSPS) is 19.4. The van der Waals surface area contributed by atoms with E-state index in [1.165, 1.54) is 6.07 Å². The molecule has 1 aromatic carbocycles. The molecule has 1 saturated heterocycles.